The highest BCUT2D eigenvalue weighted by molar-refractivity contribution is 6.05. The molecule has 2 unspecified atom stereocenters. The number of hydrogen-bond acceptors (Lipinski definition) is 7. The smallest absolute Gasteiger partial charge is 0.330 e. The van der Waals surface area contributed by atoms with Gasteiger partial charge in [0, 0.05) is 12.1 Å². The Morgan fingerprint density at radius 3 is 2.12 bits per heavy atom. The second-order valence-corrected chi connectivity index (χ2v) is 5.32. The molecule has 1 aromatic carbocycles. The average Bonchev–Trinajstić information content (AvgIpc) is 2.86. The van der Waals surface area contributed by atoms with Crippen molar-refractivity contribution in [2.24, 2.45) is 5.41 Å². The van der Waals surface area contributed by atoms with Crippen LogP contribution in [0.25, 0.3) is 0 Å². The van der Waals surface area contributed by atoms with Gasteiger partial charge in [-0.1, -0.05) is 6.58 Å². The average molecular weight is 335 g/mol. The maximum Gasteiger partial charge on any atom is 0.330 e. The summed E-state index contributed by atoms with van der Waals surface area (Å²) in [5, 5.41) is 10.8. The van der Waals surface area contributed by atoms with Crippen LogP contribution in [0.1, 0.15) is 18.6 Å². The molecule has 1 fully saturated rings. The van der Waals surface area contributed by atoms with Crippen molar-refractivity contribution in [1.29, 1.82) is 0 Å². The highest BCUT2D eigenvalue weighted by Crippen LogP contribution is 2.52. The number of esters is 2. The molecule has 0 bridgehead atoms. The van der Waals surface area contributed by atoms with Crippen molar-refractivity contribution >= 4 is 17.6 Å². The number of carbonyl (C=O) groups excluding carboxylic acids is 2. The summed E-state index contributed by atoms with van der Waals surface area (Å²) >= 11 is 0. The van der Waals surface area contributed by atoms with E-state index in [0.29, 0.717) is 5.56 Å². The van der Waals surface area contributed by atoms with Crippen molar-refractivity contribution in [2.45, 2.75) is 19.1 Å². The number of rotatable bonds is 4. The molecular weight excluding hydrogens is 318 g/mol. The molecular formula is C16H17NO7. The van der Waals surface area contributed by atoms with Gasteiger partial charge in [0.1, 0.15) is 6.10 Å². The lowest BCUT2D eigenvalue weighted by molar-refractivity contribution is -0.384. The number of nitro benzene ring substituents is 1. The van der Waals surface area contributed by atoms with Gasteiger partial charge < -0.3 is 14.2 Å². The van der Waals surface area contributed by atoms with Crippen molar-refractivity contribution in [2.75, 3.05) is 14.2 Å². The lowest BCUT2D eigenvalue weighted by Crippen LogP contribution is -2.45. The topological polar surface area (TPSA) is 105 Å². The molecule has 1 saturated heterocycles. The molecule has 8 nitrogen and oxygen atoms in total. The van der Waals surface area contributed by atoms with Crippen LogP contribution in [0.4, 0.5) is 5.69 Å². The van der Waals surface area contributed by atoms with Gasteiger partial charge >= 0.3 is 11.9 Å². The van der Waals surface area contributed by atoms with Crippen molar-refractivity contribution < 1.29 is 28.7 Å². The fourth-order valence-corrected chi connectivity index (χ4v) is 2.86. The van der Waals surface area contributed by atoms with Gasteiger partial charge in [-0.05, 0) is 30.2 Å². The molecule has 1 aliphatic rings. The van der Waals surface area contributed by atoms with Crippen LogP contribution in [0.3, 0.4) is 0 Å². The number of non-ortho nitro benzene ring substituents is 1. The Kier molecular flexibility index (Phi) is 4.70. The fraction of sp³-hybridized carbons (Fsp3) is 0.375. The molecule has 0 aromatic heterocycles. The Balaban J connectivity index is 2.60. The van der Waals surface area contributed by atoms with Crippen LogP contribution in [0.2, 0.25) is 0 Å². The normalized spacial score (nSPS) is 22.0. The Morgan fingerprint density at radius 1 is 1.21 bits per heavy atom. The van der Waals surface area contributed by atoms with E-state index in [2.05, 4.69) is 6.58 Å². The summed E-state index contributed by atoms with van der Waals surface area (Å²) < 4.78 is 15.4. The minimum Gasteiger partial charge on any atom is -0.468 e. The maximum absolute atomic E-state index is 12.5. The number of methoxy groups -OCH3 is 2. The monoisotopic (exact) mass is 335 g/mol. The lowest BCUT2D eigenvalue weighted by atomic mass is 9.74. The van der Waals surface area contributed by atoms with E-state index in [1.165, 1.54) is 24.3 Å². The van der Waals surface area contributed by atoms with Gasteiger partial charge in [0.15, 0.2) is 0 Å². The van der Waals surface area contributed by atoms with Crippen LogP contribution in [0, 0.1) is 15.5 Å². The van der Waals surface area contributed by atoms with E-state index < -0.39 is 34.5 Å². The SMILES string of the molecule is C=C1C(C)OC(c2ccc([N+](=O)[O-])cc2)C1(C(=O)OC)C(=O)OC. The summed E-state index contributed by atoms with van der Waals surface area (Å²) in [6, 6.07) is 5.39. The predicted molar refractivity (Wildman–Crippen MR) is 82.0 cm³/mol. The summed E-state index contributed by atoms with van der Waals surface area (Å²) in [7, 11) is 2.30. The molecule has 0 radical (unpaired) electrons. The summed E-state index contributed by atoms with van der Waals surface area (Å²) in [5.41, 5.74) is -1.37. The van der Waals surface area contributed by atoms with E-state index in [9.17, 15) is 19.7 Å². The largest absolute Gasteiger partial charge is 0.468 e. The molecule has 128 valence electrons. The fourth-order valence-electron chi connectivity index (χ4n) is 2.86. The molecule has 8 heteroatoms. The van der Waals surface area contributed by atoms with Gasteiger partial charge in [-0.15, -0.1) is 0 Å². The van der Waals surface area contributed by atoms with Crippen LogP contribution in [0.5, 0.6) is 0 Å². The van der Waals surface area contributed by atoms with Crippen molar-refractivity contribution in [3.8, 4) is 0 Å². The first-order valence-corrected chi connectivity index (χ1v) is 7.06. The standard InChI is InChI=1S/C16H17NO7/c1-9-10(2)24-13(11-5-7-12(8-6-11)17(20)21)16(9,14(18)22-3)15(19)23-4/h5-8,10,13H,1H2,2-4H3. The number of carbonyl (C=O) groups is 2. The summed E-state index contributed by atoms with van der Waals surface area (Å²) in [4.78, 5) is 35.2. The van der Waals surface area contributed by atoms with Gasteiger partial charge in [-0.25, -0.2) is 0 Å². The van der Waals surface area contributed by atoms with E-state index in [1.54, 1.807) is 6.92 Å². The van der Waals surface area contributed by atoms with E-state index >= 15 is 0 Å². The van der Waals surface area contributed by atoms with Crippen molar-refractivity contribution in [3.05, 3.63) is 52.1 Å². The van der Waals surface area contributed by atoms with E-state index in [0.717, 1.165) is 14.2 Å². The number of nitro groups is 1. The number of nitrogens with zero attached hydrogens (tertiary/aromatic N) is 1. The molecule has 1 heterocycles. The zero-order chi connectivity index (χ0) is 18.1. The molecule has 1 aromatic rings. The third kappa shape index (κ3) is 2.44. The second kappa shape index (κ2) is 6.40. The Labute approximate surface area is 138 Å². The zero-order valence-electron chi connectivity index (χ0n) is 13.5. The molecule has 0 N–H and O–H groups in total. The van der Waals surface area contributed by atoms with E-state index in [4.69, 9.17) is 14.2 Å². The first-order chi connectivity index (χ1) is 11.3. The van der Waals surface area contributed by atoms with Gasteiger partial charge in [0.25, 0.3) is 5.69 Å². The minimum absolute atomic E-state index is 0.120. The van der Waals surface area contributed by atoms with Crippen molar-refractivity contribution in [1.82, 2.24) is 0 Å². The van der Waals surface area contributed by atoms with Gasteiger partial charge in [0.05, 0.1) is 25.2 Å². The van der Waals surface area contributed by atoms with Gasteiger partial charge in [-0.3, -0.25) is 19.7 Å². The molecule has 0 saturated carbocycles. The first-order valence-electron chi connectivity index (χ1n) is 7.06. The highest BCUT2D eigenvalue weighted by Gasteiger charge is 2.63. The zero-order valence-corrected chi connectivity index (χ0v) is 13.5. The quantitative estimate of drug-likeness (QED) is 0.272. The predicted octanol–water partition coefficient (Wildman–Crippen LogP) is 1.94. The molecule has 0 aliphatic carbocycles. The van der Waals surface area contributed by atoms with Crippen LogP contribution in [0.15, 0.2) is 36.4 Å². The third-order valence-electron chi connectivity index (χ3n) is 4.15. The molecule has 24 heavy (non-hydrogen) atoms. The molecule has 0 spiro atoms. The minimum atomic E-state index is -1.86. The molecule has 0 amide bonds. The number of ether oxygens (including phenoxy) is 3. The maximum atomic E-state index is 12.5. The Hall–Kier alpha value is -2.74. The molecule has 1 aliphatic heterocycles. The van der Waals surface area contributed by atoms with Crippen LogP contribution >= 0.6 is 0 Å². The molecule has 2 atom stereocenters. The Bertz CT molecular complexity index is 679. The van der Waals surface area contributed by atoms with Crippen LogP contribution in [-0.4, -0.2) is 37.2 Å². The van der Waals surface area contributed by atoms with Gasteiger partial charge in [0.2, 0.25) is 5.41 Å². The van der Waals surface area contributed by atoms with E-state index in [-0.39, 0.29) is 11.3 Å². The third-order valence-corrected chi connectivity index (χ3v) is 4.15. The van der Waals surface area contributed by atoms with Crippen molar-refractivity contribution in [3.63, 3.8) is 0 Å². The molecule has 2 rings (SSSR count). The highest BCUT2D eigenvalue weighted by atomic mass is 16.6. The second-order valence-electron chi connectivity index (χ2n) is 5.32. The summed E-state index contributed by atoms with van der Waals surface area (Å²) in [6.45, 7) is 5.46. The van der Waals surface area contributed by atoms with Gasteiger partial charge in [-0.2, -0.15) is 0 Å². The lowest BCUT2D eigenvalue weighted by Gasteiger charge is -2.29. The van der Waals surface area contributed by atoms with Crippen LogP contribution in [-0.2, 0) is 23.8 Å². The van der Waals surface area contributed by atoms with Crippen LogP contribution < -0.4 is 0 Å². The number of benzene rings is 1. The summed E-state index contributed by atoms with van der Waals surface area (Å²) in [5.74, 6) is -1.71. The summed E-state index contributed by atoms with van der Waals surface area (Å²) in [6.07, 6.45) is -1.66. The first kappa shape index (κ1) is 17.6. The number of hydrogen-bond donors (Lipinski definition) is 0. The van der Waals surface area contributed by atoms with E-state index in [1.807, 2.05) is 0 Å². The Morgan fingerprint density at radius 2 is 1.71 bits per heavy atom.